The first-order valence-electron chi connectivity index (χ1n) is 7.10. The number of hydrogen-bond acceptors (Lipinski definition) is 2. The zero-order valence-electron chi connectivity index (χ0n) is 11.7. The predicted molar refractivity (Wildman–Crippen MR) is 73.6 cm³/mol. The Morgan fingerprint density at radius 1 is 1.45 bits per heavy atom. The summed E-state index contributed by atoms with van der Waals surface area (Å²) >= 11 is 0. The maximum absolute atomic E-state index is 13.8. The van der Waals surface area contributed by atoms with Gasteiger partial charge in [-0.05, 0) is 37.9 Å². The van der Waals surface area contributed by atoms with E-state index in [4.69, 9.17) is 0 Å². The number of piperidine rings is 1. The number of benzene rings is 1. The fourth-order valence-corrected chi connectivity index (χ4v) is 2.61. The second kappa shape index (κ2) is 6.79. The van der Waals surface area contributed by atoms with Gasteiger partial charge in [-0.2, -0.15) is 0 Å². The first-order valence-corrected chi connectivity index (χ1v) is 7.10. The van der Waals surface area contributed by atoms with E-state index in [1.807, 2.05) is 6.92 Å². The first kappa shape index (κ1) is 14.9. The van der Waals surface area contributed by atoms with Crippen LogP contribution in [-0.2, 0) is 0 Å². The van der Waals surface area contributed by atoms with E-state index in [0.29, 0.717) is 13.1 Å². The smallest absolute Gasteiger partial charge is 0.257 e. The van der Waals surface area contributed by atoms with Crippen LogP contribution >= 0.6 is 0 Å². The molecule has 3 nitrogen and oxygen atoms in total. The molecule has 5 heteroatoms. The van der Waals surface area contributed by atoms with Gasteiger partial charge in [0.05, 0.1) is 5.56 Å². The van der Waals surface area contributed by atoms with E-state index in [1.54, 1.807) is 4.90 Å². The second-order valence-corrected chi connectivity index (χ2v) is 5.10. The second-order valence-electron chi connectivity index (χ2n) is 5.10. The Labute approximate surface area is 118 Å². The molecule has 1 aromatic carbocycles. The van der Waals surface area contributed by atoms with Gasteiger partial charge in [-0.1, -0.05) is 13.0 Å². The number of nitrogens with one attached hydrogen (secondary N) is 1. The quantitative estimate of drug-likeness (QED) is 0.920. The molecule has 1 saturated heterocycles. The van der Waals surface area contributed by atoms with Crippen molar-refractivity contribution in [1.29, 1.82) is 0 Å². The number of amides is 1. The lowest BCUT2D eigenvalue weighted by molar-refractivity contribution is 0.0643. The molecule has 0 bridgehead atoms. The van der Waals surface area contributed by atoms with E-state index < -0.39 is 17.5 Å². The van der Waals surface area contributed by atoms with Crippen molar-refractivity contribution in [3.05, 3.63) is 35.4 Å². The number of halogens is 2. The fourth-order valence-electron chi connectivity index (χ4n) is 2.61. The highest BCUT2D eigenvalue weighted by Crippen LogP contribution is 2.18. The van der Waals surface area contributed by atoms with Gasteiger partial charge in [0.15, 0.2) is 11.6 Å². The van der Waals surface area contributed by atoms with E-state index in [9.17, 15) is 13.6 Å². The predicted octanol–water partition coefficient (Wildman–Crippen LogP) is 2.57. The monoisotopic (exact) mass is 282 g/mol. The van der Waals surface area contributed by atoms with Gasteiger partial charge in [-0.3, -0.25) is 4.79 Å². The van der Waals surface area contributed by atoms with Crippen LogP contribution < -0.4 is 5.32 Å². The van der Waals surface area contributed by atoms with Crippen LogP contribution in [0.4, 0.5) is 8.78 Å². The SMILES string of the molecule is CCCN(C(=O)c1cccc(F)c1F)C1CCCNC1. The molecule has 0 aromatic heterocycles. The van der Waals surface area contributed by atoms with Gasteiger partial charge in [0.25, 0.3) is 5.91 Å². The third-order valence-electron chi connectivity index (χ3n) is 3.62. The lowest BCUT2D eigenvalue weighted by Crippen LogP contribution is -2.49. The van der Waals surface area contributed by atoms with Gasteiger partial charge >= 0.3 is 0 Å². The highest BCUT2D eigenvalue weighted by molar-refractivity contribution is 5.94. The molecule has 1 N–H and O–H groups in total. The zero-order valence-corrected chi connectivity index (χ0v) is 11.7. The Morgan fingerprint density at radius 2 is 2.25 bits per heavy atom. The summed E-state index contributed by atoms with van der Waals surface area (Å²) in [5.74, 6) is -2.45. The molecule has 1 heterocycles. The van der Waals surface area contributed by atoms with Crippen LogP contribution in [-0.4, -0.2) is 36.5 Å². The Bertz CT molecular complexity index is 473. The summed E-state index contributed by atoms with van der Waals surface area (Å²) in [6.45, 7) is 4.18. The average molecular weight is 282 g/mol. The molecule has 20 heavy (non-hydrogen) atoms. The van der Waals surface area contributed by atoms with E-state index in [1.165, 1.54) is 12.1 Å². The minimum atomic E-state index is -1.05. The first-order chi connectivity index (χ1) is 9.65. The highest BCUT2D eigenvalue weighted by Gasteiger charge is 2.27. The van der Waals surface area contributed by atoms with Crippen molar-refractivity contribution in [2.75, 3.05) is 19.6 Å². The largest absolute Gasteiger partial charge is 0.334 e. The van der Waals surface area contributed by atoms with E-state index >= 15 is 0 Å². The topological polar surface area (TPSA) is 32.3 Å². The van der Waals surface area contributed by atoms with Crippen LogP contribution in [0.1, 0.15) is 36.5 Å². The minimum absolute atomic E-state index is 0.0545. The number of nitrogens with zero attached hydrogens (tertiary/aromatic N) is 1. The highest BCUT2D eigenvalue weighted by atomic mass is 19.2. The van der Waals surface area contributed by atoms with E-state index in [2.05, 4.69) is 5.32 Å². The van der Waals surface area contributed by atoms with Crippen molar-refractivity contribution in [3.8, 4) is 0 Å². The maximum Gasteiger partial charge on any atom is 0.257 e. The van der Waals surface area contributed by atoms with Crippen molar-refractivity contribution < 1.29 is 13.6 Å². The molecule has 110 valence electrons. The van der Waals surface area contributed by atoms with Crippen LogP contribution in [0.5, 0.6) is 0 Å². The molecule has 0 aliphatic carbocycles. The molecule has 0 saturated carbocycles. The standard InChI is InChI=1S/C15H20F2N2O/c1-2-9-19(11-5-4-8-18-10-11)15(20)12-6-3-7-13(16)14(12)17/h3,6-7,11,18H,2,4-5,8-10H2,1H3. The lowest BCUT2D eigenvalue weighted by atomic mass is 10.0. The Kier molecular flexibility index (Phi) is 5.06. The number of rotatable bonds is 4. The number of carbonyl (C=O) groups excluding carboxylic acids is 1. The van der Waals surface area contributed by atoms with E-state index in [0.717, 1.165) is 31.9 Å². The molecular formula is C15H20F2N2O. The van der Waals surface area contributed by atoms with Crippen molar-refractivity contribution in [2.45, 2.75) is 32.2 Å². The molecular weight excluding hydrogens is 262 g/mol. The van der Waals surface area contributed by atoms with Crippen LogP contribution in [0, 0.1) is 11.6 Å². The van der Waals surface area contributed by atoms with Crippen molar-refractivity contribution >= 4 is 5.91 Å². The fraction of sp³-hybridized carbons (Fsp3) is 0.533. The molecule has 1 fully saturated rings. The third kappa shape index (κ3) is 3.15. The summed E-state index contributed by atoms with van der Waals surface area (Å²) < 4.78 is 27.1. The van der Waals surface area contributed by atoms with Gasteiger partial charge in [0.2, 0.25) is 0 Å². The molecule has 0 radical (unpaired) electrons. The molecule has 1 aromatic rings. The molecule has 1 aliphatic heterocycles. The summed E-state index contributed by atoms with van der Waals surface area (Å²) in [4.78, 5) is 14.2. The molecule has 1 amide bonds. The van der Waals surface area contributed by atoms with Crippen molar-refractivity contribution in [3.63, 3.8) is 0 Å². The van der Waals surface area contributed by atoms with Crippen LogP contribution in [0.25, 0.3) is 0 Å². The lowest BCUT2D eigenvalue weighted by Gasteiger charge is -2.34. The Morgan fingerprint density at radius 3 is 2.90 bits per heavy atom. The molecule has 1 atom stereocenters. The van der Waals surface area contributed by atoms with Gasteiger partial charge in [0.1, 0.15) is 0 Å². The normalized spacial score (nSPS) is 18.9. The van der Waals surface area contributed by atoms with Crippen LogP contribution in [0.3, 0.4) is 0 Å². The van der Waals surface area contributed by atoms with Gasteiger partial charge in [-0.25, -0.2) is 8.78 Å². The molecule has 1 aliphatic rings. The van der Waals surface area contributed by atoms with E-state index in [-0.39, 0.29) is 11.6 Å². The Balaban J connectivity index is 2.23. The zero-order chi connectivity index (χ0) is 14.5. The summed E-state index contributed by atoms with van der Waals surface area (Å²) in [6, 6.07) is 3.80. The van der Waals surface area contributed by atoms with Gasteiger partial charge < -0.3 is 10.2 Å². The van der Waals surface area contributed by atoms with Crippen molar-refractivity contribution in [2.24, 2.45) is 0 Å². The van der Waals surface area contributed by atoms with Crippen LogP contribution in [0.2, 0.25) is 0 Å². The molecule has 0 spiro atoms. The van der Waals surface area contributed by atoms with Gasteiger partial charge in [-0.15, -0.1) is 0 Å². The maximum atomic E-state index is 13.8. The summed E-state index contributed by atoms with van der Waals surface area (Å²) in [5.41, 5.74) is -0.177. The van der Waals surface area contributed by atoms with Crippen LogP contribution in [0.15, 0.2) is 18.2 Å². The molecule has 2 rings (SSSR count). The Hall–Kier alpha value is -1.49. The van der Waals surface area contributed by atoms with Crippen molar-refractivity contribution in [1.82, 2.24) is 10.2 Å². The minimum Gasteiger partial charge on any atom is -0.334 e. The molecule has 1 unspecified atom stereocenters. The number of hydrogen-bond donors (Lipinski definition) is 1. The summed E-state index contributed by atoms with van der Waals surface area (Å²) in [6.07, 6.45) is 2.68. The summed E-state index contributed by atoms with van der Waals surface area (Å²) in [7, 11) is 0. The third-order valence-corrected chi connectivity index (χ3v) is 3.62. The number of carbonyl (C=O) groups is 1. The van der Waals surface area contributed by atoms with Gasteiger partial charge in [0, 0.05) is 19.1 Å². The average Bonchev–Trinajstić information content (AvgIpc) is 2.48. The summed E-state index contributed by atoms with van der Waals surface area (Å²) in [5, 5.41) is 3.24.